The molecule has 2 aliphatic rings. The van der Waals surface area contributed by atoms with Crippen molar-refractivity contribution in [1.82, 2.24) is 4.90 Å². The molecule has 0 radical (unpaired) electrons. The maximum absolute atomic E-state index is 12.4. The zero-order valence-corrected chi connectivity index (χ0v) is 10.7. The highest BCUT2D eigenvalue weighted by Crippen LogP contribution is 2.48. The fraction of sp³-hybridized carbons (Fsp3) is 0.833. The summed E-state index contributed by atoms with van der Waals surface area (Å²) in [5, 5.41) is 0. The smallest absolute Gasteiger partial charge is 0.235 e. The topological polar surface area (TPSA) is 46.3 Å². The monoisotopic (exact) mass is 240 g/mol. The van der Waals surface area contributed by atoms with E-state index in [1.54, 1.807) is 0 Å². The van der Waals surface area contributed by atoms with Crippen molar-refractivity contribution in [2.75, 3.05) is 6.54 Å². The zero-order valence-electron chi connectivity index (χ0n) is 9.87. The number of amides is 1. The zero-order chi connectivity index (χ0) is 11.8. The van der Waals surface area contributed by atoms with Gasteiger partial charge in [-0.1, -0.05) is 25.1 Å². The van der Waals surface area contributed by atoms with Crippen LogP contribution in [0.25, 0.3) is 0 Å². The first kappa shape index (κ1) is 11.8. The number of nitrogens with zero attached hydrogens (tertiary/aromatic N) is 1. The minimum absolute atomic E-state index is 0.189. The standard InChI is InChI=1S/C12H20N2OS/c1-2-14(9-5-3-4-6-9)11(15)12(7-8-12)10(13)16/h9H,2-8H2,1H3,(H2,13,16). The average molecular weight is 240 g/mol. The maximum atomic E-state index is 12.4. The average Bonchev–Trinajstić information content (AvgIpc) is 2.92. The maximum Gasteiger partial charge on any atom is 0.235 e. The third-order valence-electron chi connectivity index (χ3n) is 4.00. The van der Waals surface area contributed by atoms with Crippen LogP contribution in [0.2, 0.25) is 0 Å². The van der Waals surface area contributed by atoms with Crippen molar-refractivity contribution in [2.45, 2.75) is 51.5 Å². The Labute approximate surface area is 102 Å². The Morgan fingerprint density at radius 1 is 1.44 bits per heavy atom. The molecule has 0 aromatic heterocycles. The van der Waals surface area contributed by atoms with Gasteiger partial charge in [-0.2, -0.15) is 0 Å². The van der Waals surface area contributed by atoms with Crippen LogP contribution in [0.3, 0.4) is 0 Å². The van der Waals surface area contributed by atoms with E-state index < -0.39 is 5.41 Å². The van der Waals surface area contributed by atoms with Gasteiger partial charge in [0.2, 0.25) is 5.91 Å². The first-order valence-electron chi connectivity index (χ1n) is 6.23. The van der Waals surface area contributed by atoms with Crippen LogP contribution in [0.1, 0.15) is 45.4 Å². The molecule has 0 aliphatic heterocycles. The minimum atomic E-state index is -0.464. The molecule has 2 saturated carbocycles. The van der Waals surface area contributed by atoms with Gasteiger partial charge in [-0.05, 0) is 32.6 Å². The quantitative estimate of drug-likeness (QED) is 0.763. The van der Waals surface area contributed by atoms with Crippen molar-refractivity contribution >= 4 is 23.1 Å². The van der Waals surface area contributed by atoms with Gasteiger partial charge < -0.3 is 10.6 Å². The largest absolute Gasteiger partial charge is 0.392 e. The summed E-state index contributed by atoms with van der Waals surface area (Å²) in [6.45, 7) is 2.83. The van der Waals surface area contributed by atoms with Gasteiger partial charge in [0.05, 0.1) is 10.4 Å². The van der Waals surface area contributed by atoms with Gasteiger partial charge in [-0.15, -0.1) is 0 Å². The molecule has 2 fully saturated rings. The predicted octanol–water partition coefficient (Wildman–Crippen LogP) is 1.84. The van der Waals surface area contributed by atoms with Crippen LogP contribution in [0.15, 0.2) is 0 Å². The molecule has 2 rings (SSSR count). The number of rotatable bonds is 4. The van der Waals surface area contributed by atoms with Gasteiger partial charge in [-0.25, -0.2) is 0 Å². The molecule has 0 aromatic carbocycles. The molecule has 2 N–H and O–H groups in total. The molecule has 0 heterocycles. The van der Waals surface area contributed by atoms with Crippen molar-refractivity contribution in [3.63, 3.8) is 0 Å². The third kappa shape index (κ3) is 1.83. The molecule has 0 aromatic rings. The van der Waals surface area contributed by atoms with Crippen molar-refractivity contribution < 1.29 is 4.79 Å². The highest BCUT2D eigenvalue weighted by molar-refractivity contribution is 7.80. The van der Waals surface area contributed by atoms with Gasteiger partial charge in [0.25, 0.3) is 0 Å². The van der Waals surface area contributed by atoms with E-state index in [1.807, 2.05) is 11.8 Å². The van der Waals surface area contributed by atoms with Crippen LogP contribution in [-0.4, -0.2) is 28.4 Å². The van der Waals surface area contributed by atoms with Gasteiger partial charge in [-0.3, -0.25) is 4.79 Å². The normalized spacial score (nSPS) is 23.1. The van der Waals surface area contributed by atoms with Crippen LogP contribution < -0.4 is 5.73 Å². The minimum Gasteiger partial charge on any atom is -0.392 e. The molecular weight excluding hydrogens is 220 g/mol. The van der Waals surface area contributed by atoms with Crippen LogP contribution in [-0.2, 0) is 4.79 Å². The van der Waals surface area contributed by atoms with E-state index in [0.717, 1.165) is 32.2 Å². The second-order valence-corrected chi connectivity index (χ2v) is 5.42. The van der Waals surface area contributed by atoms with E-state index in [4.69, 9.17) is 18.0 Å². The Hall–Kier alpha value is -0.640. The fourth-order valence-corrected chi connectivity index (χ4v) is 3.04. The molecule has 1 amide bonds. The van der Waals surface area contributed by atoms with Gasteiger partial charge in [0.15, 0.2) is 0 Å². The molecular formula is C12H20N2OS. The number of nitrogens with two attached hydrogens (primary N) is 1. The summed E-state index contributed by atoms with van der Waals surface area (Å²) in [6.07, 6.45) is 6.48. The molecule has 0 bridgehead atoms. The van der Waals surface area contributed by atoms with Gasteiger partial charge >= 0.3 is 0 Å². The van der Waals surface area contributed by atoms with Crippen LogP contribution >= 0.6 is 12.2 Å². The number of thiocarbonyl (C=S) groups is 1. The van der Waals surface area contributed by atoms with Crippen molar-refractivity contribution in [1.29, 1.82) is 0 Å². The predicted molar refractivity (Wildman–Crippen MR) is 68.1 cm³/mol. The van der Waals surface area contributed by atoms with E-state index in [9.17, 15) is 4.79 Å². The summed E-state index contributed by atoms with van der Waals surface area (Å²) in [5.74, 6) is 0.189. The van der Waals surface area contributed by atoms with Crippen molar-refractivity contribution in [3.8, 4) is 0 Å². The number of carbonyl (C=O) groups excluding carboxylic acids is 1. The molecule has 0 spiro atoms. The second kappa shape index (κ2) is 4.32. The summed E-state index contributed by atoms with van der Waals surface area (Å²) in [4.78, 5) is 14.9. The lowest BCUT2D eigenvalue weighted by molar-refractivity contribution is -0.136. The van der Waals surface area contributed by atoms with Crippen LogP contribution in [0.4, 0.5) is 0 Å². The van der Waals surface area contributed by atoms with E-state index >= 15 is 0 Å². The molecule has 2 aliphatic carbocycles. The first-order chi connectivity index (χ1) is 7.62. The van der Waals surface area contributed by atoms with Gasteiger partial charge in [0.1, 0.15) is 0 Å². The summed E-state index contributed by atoms with van der Waals surface area (Å²) in [5.41, 5.74) is 5.24. The summed E-state index contributed by atoms with van der Waals surface area (Å²) < 4.78 is 0. The molecule has 4 heteroatoms. The lowest BCUT2D eigenvalue weighted by Crippen LogP contribution is -2.46. The first-order valence-corrected chi connectivity index (χ1v) is 6.63. The molecule has 3 nitrogen and oxygen atoms in total. The molecule has 0 atom stereocenters. The number of hydrogen-bond donors (Lipinski definition) is 1. The fourth-order valence-electron chi connectivity index (χ4n) is 2.75. The van der Waals surface area contributed by atoms with Crippen LogP contribution in [0, 0.1) is 5.41 Å². The molecule has 90 valence electrons. The lowest BCUT2D eigenvalue weighted by Gasteiger charge is -2.31. The van der Waals surface area contributed by atoms with E-state index in [2.05, 4.69) is 0 Å². The number of hydrogen-bond acceptors (Lipinski definition) is 2. The number of carbonyl (C=O) groups is 1. The Morgan fingerprint density at radius 3 is 2.38 bits per heavy atom. The third-order valence-corrected chi connectivity index (χ3v) is 4.39. The highest BCUT2D eigenvalue weighted by Gasteiger charge is 2.55. The lowest BCUT2D eigenvalue weighted by atomic mass is 10.0. The van der Waals surface area contributed by atoms with E-state index in [1.165, 1.54) is 12.8 Å². The summed E-state index contributed by atoms with van der Waals surface area (Å²) >= 11 is 5.04. The summed E-state index contributed by atoms with van der Waals surface area (Å²) in [6, 6.07) is 0.435. The SMILES string of the molecule is CCN(C(=O)C1(C(N)=S)CC1)C1CCCC1. The van der Waals surface area contributed by atoms with E-state index in [0.29, 0.717) is 11.0 Å². The van der Waals surface area contributed by atoms with Crippen molar-refractivity contribution in [3.05, 3.63) is 0 Å². The Bertz CT molecular complexity index is 306. The van der Waals surface area contributed by atoms with Crippen molar-refractivity contribution in [2.24, 2.45) is 11.1 Å². The summed E-state index contributed by atoms with van der Waals surface area (Å²) in [7, 11) is 0. The molecule has 0 unspecified atom stereocenters. The highest BCUT2D eigenvalue weighted by atomic mass is 32.1. The Morgan fingerprint density at radius 2 is 2.00 bits per heavy atom. The molecule has 0 saturated heterocycles. The Balaban J connectivity index is 2.09. The van der Waals surface area contributed by atoms with Crippen LogP contribution in [0.5, 0.6) is 0 Å². The second-order valence-electron chi connectivity index (χ2n) is 4.98. The van der Waals surface area contributed by atoms with E-state index in [-0.39, 0.29) is 5.91 Å². The molecule has 16 heavy (non-hydrogen) atoms. The Kier molecular flexibility index (Phi) is 3.19. The van der Waals surface area contributed by atoms with Gasteiger partial charge in [0, 0.05) is 12.6 Å².